The highest BCUT2D eigenvalue weighted by Crippen LogP contribution is 2.36. The van der Waals surface area contributed by atoms with E-state index < -0.39 is 23.6 Å². The molecule has 0 unspecified atom stereocenters. The predicted octanol–water partition coefficient (Wildman–Crippen LogP) is 5.35. The van der Waals surface area contributed by atoms with Gasteiger partial charge in [-0.2, -0.15) is 4.52 Å². The summed E-state index contributed by atoms with van der Waals surface area (Å²) in [6.07, 6.45) is -3.32. The van der Waals surface area contributed by atoms with Crippen molar-refractivity contribution in [1.29, 1.82) is 0 Å². The molecule has 0 spiro atoms. The number of hydrogen-bond acceptors (Lipinski definition) is 6. The SMILES string of the molecule is CCCCNC(=O)[C@](C)(N)c1nc2c(Br)cccc2c2nc(-c3ccc(Cl)cc3OC(F)(F)F)nn12. The zero-order chi connectivity index (χ0) is 26.3. The van der Waals surface area contributed by atoms with Crippen LogP contribution in [-0.2, 0) is 10.3 Å². The first-order valence-corrected chi connectivity index (χ1v) is 12.1. The lowest BCUT2D eigenvalue weighted by Crippen LogP contribution is -2.51. The number of alkyl halides is 3. The Labute approximate surface area is 217 Å². The van der Waals surface area contributed by atoms with Crippen LogP contribution in [0.4, 0.5) is 13.2 Å². The fraction of sp³-hybridized carbons (Fsp3) is 0.304. The highest BCUT2D eigenvalue weighted by molar-refractivity contribution is 9.10. The van der Waals surface area contributed by atoms with Crippen LogP contribution in [0.5, 0.6) is 5.75 Å². The van der Waals surface area contributed by atoms with Gasteiger partial charge in [0.25, 0.3) is 0 Å². The number of nitrogens with two attached hydrogens (primary N) is 1. The lowest BCUT2D eigenvalue weighted by molar-refractivity contribution is -0.274. The zero-order valence-electron chi connectivity index (χ0n) is 19.2. The number of rotatable bonds is 7. The van der Waals surface area contributed by atoms with E-state index in [0.717, 1.165) is 18.9 Å². The van der Waals surface area contributed by atoms with Gasteiger partial charge in [0.2, 0.25) is 5.91 Å². The van der Waals surface area contributed by atoms with Gasteiger partial charge >= 0.3 is 6.36 Å². The summed E-state index contributed by atoms with van der Waals surface area (Å²) >= 11 is 9.37. The smallest absolute Gasteiger partial charge is 0.405 e. The summed E-state index contributed by atoms with van der Waals surface area (Å²) in [6, 6.07) is 8.99. The van der Waals surface area contributed by atoms with Gasteiger partial charge in [-0.1, -0.05) is 31.0 Å². The third-order valence-electron chi connectivity index (χ3n) is 5.42. The van der Waals surface area contributed by atoms with Crippen LogP contribution in [0.15, 0.2) is 40.9 Å². The molecule has 8 nitrogen and oxygen atoms in total. The molecule has 0 radical (unpaired) electrons. The van der Waals surface area contributed by atoms with Gasteiger partial charge in [0.1, 0.15) is 5.75 Å². The maximum Gasteiger partial charge on any atom is 0.573 e. The van der Waals surface area contributed by atoms with Crippen molar-refractivity contribution in [3.63, 3.8) is 0 Å². The van der Waals surface area contributed by atoms with E-state index in [1.807, 2.05) is 6.92 Å². The number of nitrogens with zero attached hydrogens (tertiary/aromatic N) is 4. The number of aromatic nitrogens is 4. The summed E-state index contributed by atoms with van der Waals surface area (Å²) in [5, 5.41) is 7.78. The van der Waals surface area contributed by atoms with E-state index in [-0.39, 0.29) is 27.9 Å². The maximum absolute atomic E-state index is 13.1. The van der Waals surface area contributed by atoms with Crippen molar-refractivity contribution in [2.75, 3.05) is 6.54 Å². The van der Waals surface area contributed by atoms with Crippen molar-refractivity contribution in [1.82, 2.24) is 24.9 Å². The van der Waals surface area contributed by atoms with Crippen molar-refractivity contribution in [2.45, 2.75) is 38.6 Å². The molecular weight excluding hydrogens is 565 g/mol. The summed E-state index contributed by atoms with van der Waals surface area (Å²) in [7, 11) is 0. The quantitative estimate of drug-likeness (QED) is 0.283. The Morgan fingerprint density at radius 1 is 1.25 bits per heavy atom. The Morgan fingerprint density at radius 3 is 2.69 bits per heavy atom. The normalized spacial score (nSPS) is 13.7. The molecule has 2 heterocycles. The van der Waals surface area contributed by atoms with Gasteiger partial charge in [0.15, 0.2) is 22.8 Å². The summed E-state index contributed by atoms with van der Waals surface area (Å²) in [6.45, 7) is 3.90. The van der Waals surface area contributed by atoms with Gasteiger partial charge in [-0.15, -0.1) is 18.3 Å². The number of hydrogen-bond donors (Lipinski definition) is 2. The number of para-hydroxylation sites is 1. The average molecular weight is 586 g/mol. The average Bonchev–Trinajstić information content (AvgIpc) is 3.23. The van der Waals surface area contributed by atoms with E-state index in [2.05, 4.69) is 41.1 Å². The summed E-state index contributed by atoms with van der Waals surface area (Å²) < 4.78 is 45.3. The standard InChI is InChI=1S/C23H21BrClF3N6O2/c1-3-4-10-30-21(35)22(2,29)20-31-17-14(6-5-7-15(17)24)19-32-18(33-34(19)20)13-9-8-12(25)11-16(13)36-23(26,27)28/h5-9,11H,3-4,10,29H2,1-2H3,(H,30,35)/t22-/m1/s1. The van der Waals surface area contributed by atoms with Gasteiger partial charge in [-0.25, -0.2) is 9.97 Å². The second-order valence-corrected chi connectivity index (χ2v) is 9.53. The second-order valence-electron chi connectivity index (χ2n) is 8.24. The molecule has 0 aliphatic heterocycles. The minimum atomic E-state index is -4.96. The topological polar surface area (TPSA) is 107 Å². The van der Waals surface area contributed by atoms with Gasteiger partial charge in [0, 0.05) is 21.4 Å². The zero-order valence-corrected chi connectivity index (χ0v) is 21.5. The van der Waals surface area contributed by atoms with E-state index in [9.17, 15) is 18.0 Å². The van der Waals surface area contributed by atoms with Crippen molar-refractivity contribution < 1.29 is 22.7 Å². The van der Waals surface area contributed by atoms with Gasteiger partial charge in [-0.05, 0) is 59.6 Å². The molecule has 0 aliphatic rings. The van der Waals surface area contributed by atoms with Crippen LogP contribution >= 0.6 is 27.5 Å². The van der Waals surface area contributed by atoms with Crippen LogP contribution in [0.1, 0.15) is 32.5 Å². The number of halogens is 5. The number of benzene rings is 2. The maximum atomic E-state index is 13.1. The first-order chi connectivity index (χ1) is 16.9. The number of amides is 1. The van der Waals surface area contributed by atoms with Crippen LogP contribution in [0.3, 0.4) is 0 Å². The molecule has 13 heteroatoms. The molecule has 190 valence electrons. The van der Waals surface area contributed by atoms with Gasteiger partial charge in [0.05, 0.1) is 11.1 Å². The molecule has 1 atom stereocenters. The number of ether oxygens (including phenoxy) is 1. The monoisotopic (exact) mass is 584 g/mol. The van der Waals surface area contributed by atoms with Crippen molar-refractivity contribution in [2.24, 2.45) is 5.73 Å². The van der Waals surface area contributed by atoms with Crippen molar-refractivity contribution >= 4 is 50.0 Å². The van der Waals surface area contributed by atoms with Crippen molar-refractivity contribution in [3.8, 4) is 17.1 Å². The summed E-state index contributed by atoms with van der Waals surface area (Å²) in [5.41, 5.74) is 5.49. The van der Waals surface area contributed by atoms with E-state index in [1.54, 1.807) is 18.2 Å². The Kier molecular flexibility index (Phi) is 7.13. The second kappa shape index (κ2) is 9.83. The minimum Gasteiger partial charge on any atom is -0.405 e. The highest BCUT2D eigenvalue weighted by Gasteiger charge is 2.37. The minimum absolute atomic E-state index is 0.0387. The summed E-state index contributed by atoms with van der Waals surface area (Å²) in [5.74, 6) is -1.10. The number of unbranched alkanes of at least 4 members (excludes halogenated alkanes) is 1. The predicted molar refractivity (Wildman–Crippen MR) is 133 cm³/mol. The third-order valence-corrected chi connectivity index (χ3v) is 6.29. The third kappa shape index (κ3) is 5.11. The molecule has 0 saturated carbocycles. The van der Waals surface area contributed by atoms with Crippen LogP contribution < -0.4 is 15.8 Å². The molecule has 4 aromatic rings. The molecule has 0 saturated heterocycles. The van der Waals surface area contributed by atoms with Crippen LogP contribution in [0.25, 0.3) is 27.9 Å². The molecule has 0 bridgehead atoms. The Hall–Kier alpha value is -2.96. The van der Waals surface area contributed by atoms with Crippen LogP contribution in [-0.4, -0.2) is 38.4 Å². The molecule has 36 heavy (non-hydrogen) atoms. The van der Waals surface area contributed by atoms with Gasteiger partial charge < -0.3 is 15.8 Å². The highest BCUT2D eigenvalue weighted by atomic mass is 79.9. The molecule has 2 aromatic carbocycles. The number of nitrogens with one attached hydrogen (secondary N) is 1. The van der Waals surface area contributed by atoms with E-state index >= 15 is 0 Å². The molecule has 0 fully saturated rings. The number of carbonyl (C=O) groups is 1. The van der Waals surface area contributed by atoms with E-state index in [1.165, 1.54) is 23.6 Å². The fourth-order valence-corrected chi connectivity index (χ4v) is 4.22. The van der Waals surface area contributed by atoms with E-state index in [4.69, 9.17) is 17.3 Å². The molecule has 1 amide bonds. The first-order valence-electron chi connectivity index (χ1n) is 10.9. The summed E-state index contributed by atoms with van der Waals surface area (Å²) in [4.78, 5) is 22.1. The van der Waals surface area contributed by atoms with Crippen LogP contribution in [0.2, 0.25) is 5.02 Å². The largest absolute Gasteiger partial charge is 0.573 e. The number of carbonyl (C=O) groups excluding carboxylic acids is 1. The molecule has 2 aromatic heterocycles. The Balaban J connectivity index is 1.96. The van der Waals surface area contributed by atoms with Crippen LogP contribution in [0, 0.1) is 0 Å². The fourth-order valence-electron chi connectivity index (χ4n) is 3.60. The molecule has 3 N–H and O–H groups in total. The first kappa shape index (κ1) is 26.1. The Morgan fingerprint density at radius 2 is 2.00 bits per heavy atom. The molecular formula is C23H21BrClF3N6O2. The lowest BCUT2D eigenvalue weighted by atomic mass is 10.0. The lowest BCUT2D eigenvalue weighted by Gasteiger charge is -2.24. The van der Waals surface area contributed by atoms with Gasteiger partial charge in [-0.3, -0.25) is 4.79 Å². The Bertz CT molecular complexity index is 1460. The van der Waals surface area contributed by atoms with E-state index in [0.29, 0.717) is 21.9 Å². The molecule has 0 aliphatic carbocycles. The number of fused-ring (bicyclic) bond motifs is 3. The van der Waals surface area contributed by atoms with Crippen molar-refractivity contribution in [3.05, 3.63) is 51.7 Å². The molecule has 4 rings (SSSR count).